The molecule has 1 N–H and O–H groups in total. The zero-order valence-electron chi connectivity index (χ0n) is 11.6. The molecule has 112 valence electrons. The van der Waals surface area contributed by atoms with Crippen LogP contribution in [0.2, 0.25) is 5.02 Å². The average molecular weight is 327 g/mol. The third kappa shape index (κ3) is 4.22. The highest BCUT2D eigenvalue weighted by Gasteiger charge is 2.25. The Morgan fingerprint density at radius 2 is 2.24 bits per heavy atom. The van der Waals surface area contributed by atoms with Crippen LogP contribution in [0.25, 0.3) is 0 Å². The summed E-state index contributed by atoms with van der Waals surface area (Å²) in [5, 5.41) is 13.6. The van der Waals surface area contributed by atoms with E-state index in [1.807, 2.05) is 24.3 Å². The molecule has 0 aliphatic heterocycles. The van der Waals surface area contributed by atoms with E-state index in [4.69, 9.17) is 21.2 Å². The van der Waals surface area contributed by atoms with Gasteiger partial charge in [0.15, 0.2) is 5.82 Å². The van der Waals surface area contributed by atoms with Crippen molar-refractivity contribution in [2.75, 3.05) is 0 Å². The maximum atomic E-state index is 11.0. The molecule has 0 saturated carbocycles. The fourth-order valence-electron chi connectivity index (χ4n) is 1.64. The third-order valence-corrected chi connectivity index (χ3v) is 4.40. The lowest BCUT2D eigenvalue weighted by molar-refractivity contribution is -0.141. The van der Waals surface area contributed by atoms with Crippen LogP contribution in [0.3, 0.4) is 0 Å². The maximum absolute atomic E-state index is 11.0. The molecule has 2 atom stereocenters. The van der Waals surface area contributed by atoms with Crippen molar-refractivity contribution in [3.05, 3.63) is 41.0 Å². The first-order valence-corrected chi connectivity index (χ1v) is 7.77. The number of carboxylic acid groups (broad SMARTS) is 1. The fourth-order valence-corrected chi connectivity index (χ4v) is 2.70. The Balaban J connectivity index is 1.98. The van der Waals surface area contributed by atoms with Gasteiger partial charge >= 0.3 is 5.97 Å². The van der Waals surface area contributed by atoms with Gasteiger partial charge in [-0.05, 0) is 18.2 Å². The lowest BCUT2D eigenvalue weighted by atomic mass is 9.96. The minimum atomic E-state index is -0.879. The Morgan fingerprint density at radius 1 is 1.48 bits per heavy atom. The lowest BCUT2D eigenvalue weighted by Gasteiger charge is -2.10. The molecule has 0 aliphatic carbocycles. The molecule has 1 aromatic heterocycles. The summed E-state index contributed by atoms with van der Waals surface area (Å²) >= 11 is 7.46. The molecular weight excluding hydrogens is 312 g/mol. The van der Waals surface area contributed by atoms with Crippen LogP contribution in [0, 0.1) is 5.92 Å². The minimum absolute atomic E-state index is 0.320. The summed E-state index contributed by atoms with van der Waals surface area (Å²) in [5.74, 6) is -0.335. The molecule has 0 saturated heterocycles. The topological polar surface area (TPSA) is 76.2 Å². The highest BCUT2D eigenvalue weighted by atomic mass is 35.5. The number of halogens is 1. The van der Waals surface area contributed by atoms with Crippen molar-refractivity contribution in [1.82, 2.24) is 10.1 Å². The molecule has 0 radical (unpaired) electrons. The standard InChI is InChI=1S/C14H15ClN2O3S/c1-8(9(2)14(18)19)13-16-12(17-20-13)7-21-11-5-3-4-10(15)6-11/h3-6,8-9H,7H2,1-2H3,(H,18,19). The molecule has 0 spiro atoms. The monoisotopic (exact) mass is 326 g/mol. The number of thioether (sulfide) groups is 1. The van der Waals surface area contributed by atoms with Crippen LogP contribution in [0.15, 0.2) is 33.7 Å². The van der Waals surface area contributed by atoms with E-state index in [0.29, 0.717) is 22.5 Å². The highest BCUT2D eigenvalue weighted by molar-refractivity contribution is 7.98. The molecule has 1 heterocycles. The van der Waals surface area contributed by atoms with E-state index >= 15 is 0 Å². The first-order valence-electron chi connectivity index (χ1n) is 6.41. The van der Waals surface area contributed by atoms with Gasteiger partial charge in [0.05, 0.1) is 11.7 Å². The molecule has 0 aliphatic rings. The zero-order chi connectivity index (χ0) is 15.4. The van der Waals surface area contributed by atoms with Gasteiger partial charge in [-0.1, -0.05) is 36.7 Å². The van der Waals surface area contributed by atoms with E-state index in [0.717, 1.165) is 4.90 Å². The number of hydrogen-bond donors (Lipinski definition) is 1. The molecule has 5 nitrogen and oxygen atoms in total. The first-order chi connectivity index (χ1) is 9.97. The minimum Gasteiger partial charge on any atom is -0.481 e. The lowest BCUT2D eigenvalue weighted by Crippen LogP contribution is -2.16. The van der Waals surface area contributed by atoms with E-state index in [-0.39, 0.29) is 5.92 Å². The molecule has 0 fully saturated rings. The molecule has 1 aromatic carbocycles. The normalized spacial score (nSPS) is 13.9. The number of benzene rings is 1. The quantitative estimate of drug-likeness (QED) is 0.813. The average Bonchev–Trinajstić information content (AvgIpc) is 2.92. The number of nitrogens with zero attached hydrogens (tertiary/aromatic N) is 2. The van der Waals surface area contributed by atoms with Crippen molar-refractivity contribution in [3.8, 4) is 0 Å². The van der Waals surface area contributed by atoms with Crippen LogP contribution in [0.4, 0.5) is 0 Å². The Bertz CT molecular complexity index is 632. The number of aromatic nitrogens is 2. The van der Waals surface area contributed by atoms with Gasteiger partial charge in [0, 0.05) is 15.8 Å². The van der Waals surface area contributed by atoms with E-state index < -0.39 is 11.9 Å². The number of carboxylic acids is 1. The predicted octanol–water partition coefficient (Wildman–Crippen LogP) is 3.84. The molecule has 0 bridgehead atoms. The summed E-state index contributed by atoms with van der Waals surface area (Å²) in [7, 11) is 0. The Hall–Kier alpha value is -1.53. The van der Waals surface area contributed by atoms with Crippen LogP contribution in [-0.4, -0.2) is 21.2 Å². The maximum Gasteiger partial charge on any atom is 0.307 e. The summed E-state index contributed by atoms with van der Waals surface area (Å²) in [6.45, 7) is 3.39. The SMILES string of the molecule is CC(C(=O)O)C(C)c1nc(CSc2cccc(Cl)c2)no1. The largest absolute Gasteiger partial charge is 0.481 e. The van der Waals surface area contributed by atoms with Gasteiger partial charge in [0.1, 0.15) is 0 Å². The summed E-state index contributed by atoms with van der Waals surface area (Å²) in [6, 6.07) is 7.50. The van der Waals surface area contributed by atoms with Crippen molar-refractivity contribution in [1.29, 1.82) is 0 Å². The van der Waals surface area contributed by atoms with Crippen LogP contribution in [0.1, 0.15) is 31.5 Å². The second-order valence-corrected chi connectivity index (χ2v) is 6.20. The van der Waals surface area contributed by atoms with Crippen molar-refractivity contribution < 1.29 is 14.4 Å². The second-order valence-electron chi connectivity index (χ2n) is 4.71. The van der Waals surface area contributed by atoms with Gasteiger partial charge in [0.25, 0.3) is 0 Å². The van der Waals surface area contributed by atoms with E-state index in [2.05, 4.69) is 10.1 Å². The summed E-state index contributed by atoms with van der Waals surface area (Å²) in [4.78, 5) is 16.2. The Morgan fingerprint density at radius 3 is 2.90 bits per heavy atom. The van der Waals surface area contributed by atoms with Gasteiger partial charge in [-0.2, -0.15) is 4.98 Å². The second kappa shape index (κ2) is 6.95. The molecule has 21 heavy (non-hydrogen) atoms. The van der Waals surface area contributed by atoms with Gasteiger partial charge < -0.3 is 9.63 Å². The van der Waals surface area contributed by atoms with Crippen molar-refractivity contribution in [2.24, 2.45) is 5.92 Å². The number of aliphatic carboxylic acids is 1. The number of rotatable bonds is 6. The van der Waals surface area contributed by atoms with Crippen molar-refractivity contribution in [3.63, 3.8) is 0 Å². The smallest absolute Gasteiger partial charge is 0.307 e. The molecule has 0 amide bonds. The summed E-state index contributed by atoms with van der Waals surface area (Å²) in [5.41, 5.74) is 0. The fraction of sp³-hybridized carbons (Fsp3) is 0.357. The molecule has 2 aromatic rings. The Labute approximate surface area is 131 Å². The highest BCUT2D eigenvalue weighted by Crippen LogP contribution is 2.26. The van der Waals surface area contributed by atoms with Gasteiger partial charge in [-0.3, -0.25) is 4.79 Å². The first kappa shape index (κ1) is 15.9. The van der Waals surface area contributed by atoms with Crippen LogP contribution in [-0.2, 0) is 10.5 Å². The van der Waals surface area contributed by atoms with Crippen molar-refractivity contribution in [2.45, 2.75) is 30.4 Å². The van der Waals surface area contributed by atoms with E-state index in [1.54, 1.807) is 25.6 Å². The third-order valence-electron chi connectivity index (χ3n) is 3.18. The zero-order valence-corrected chi connectivity index (χ0v) is 13.2. The van der Waals surface area contributed by atoms with Crippen LogP contribution < -0.4 is 0 Å². The molecular formula is C14H15ClN2O3S. The van der Waals surface area contributed by atoms with E-state index in [9.17, 15) is 4.79 Å². The summed E-state index contributed by atoms with van der Waals surface area (Å²) in [6.07, 6.45) is 0. The van der Waals surface area contributed by atoms with Crippen LogP contribution in [0.5, 0.6) is 0 Å². The molecule has 2 unspecified atom stereocenters. The van der Waals surface area contributed by atoms with E-state index in [1.165, 1.54) is 0 Å². The predicted molar refractivity (Wildman–Crippen MR) is 80.5 cm³/mol. The molecule has 2 rings (SSSR count). The molecule has 7 heteroatoms. The summed E-state index contributed by atoms with van der Waals surface area (Å²) < 4.78 is 5.15. The number of carbonyl (C=O) groups is 1. The van der Waals surface area contributed by atoms with Crippen LogP contribution >= 0.6 is 23.4 Å². The van der Waals surface area contributed by atoms with Gasteiger partial charge in [-0.15, -0.1) is 11.8 Å². The Kier molecular flexibility index (Phi) is 5.25. The number of hydrogen-bond acceptors (Lipinski definition) is 5. The van der Waals surface area contributed by atoms with Crippen molar-refractivity contribution >= 4 is 29.3 Å². The van der Waals surface area contributed by atoms with Gasteiger partial charge in [-0.25, -0.2) is 0 Å². The van der Waals surface area contributed by atoms with Gasteiger partial charge in [0.2, 0.25) is 5.89 Å².